The Labute approximate surface area is 171 Å². The van der Waals surface area contributed by atoms with Crippen LogP contribution in [-0.4, -0.2) is 22.2 Å². The van der Waals surface area contributed by atoms with Crippen molar-refractivity contribution in [2.24, 2.45) is 5.92 Å². The second-order valence-electron chi connectivity index (χ2n) is 6.79. The van der Waals surface area contributed by atoms with Crippen LogP contribution in [0.25, 0.3) is 5.69 Å². The Hall–Kier alpha value is -2.80. The minimum atomic E-state index is -4.69. The maximum Gasteiger partial charge on any atom is 0.435 e. The number of hydrogen-bond donors (Lipinski definition) is 1. The number of nitrogens with zero attached hydrogens (tertiary/aromatic N) is 2. The van der Waals surface area contributed by atoms with E-state index in [0.29, 0.717) is 0 Å². The average molecular weight is 422 g/mol. The summed E-state index contributed by atoms with van der Waals surface area (Å²) in [5.41, 5.74) is 0.699. The van der Waals surface area contributed by atoms with Crippen molar-refractivity contribution >= 4 is 17.5 Å². The first-order valence-corrected chi connectivity index (χ1v) is 9.27. The van der Waals surface area contributed by atoms with Crippen molar-refractivity contribution < 1.29 is 18.0 Å². The molecule has 1 aromatic carbocycles. The molecule has 0 saturated heterocycles. The number of carbonyl (C=O) groups is 1. The van der Waals surface area contributed by atoms with Crippen molar-refractivity contribution in [2.45, 2.75) is 19.5 Å². The van der Waals surface area contributed by atoms with E-state index in [1.807, 2.05) is 25.2 Å². The van der Waals surface area contributed by atoms with Crippen LogP contribution in [0.5, 0.6) is 0 Å². The molecule has 1 aromatic heterocycles. The molecule has 1 unspecified atom stereocenters. The minimum Gasteiger partial charge on any atom is -0.347 e. The molecule has 3 rings (SSSR count). The lowest BCUT2D eigenvalue weighted by molar-refractivity contribution is -0.141. The topological polar surface area (TPSA) is 46.9 Å². The van der Waals surface area contributed by atoms with Crippen molar-refractivity contribution in [3.63, 3.8) is 0 Å². The van der Waals surface area contributed by atoms with Gasteiger partial charge >= 0.3 is 6.18 Å². The zero-order valence-corrected chi connectivity index (χ0v) is 16.4. The molecule has 1 amide bonds. The number of amides is 1. The van der Waals surface area contributed by atoms with Gasteiger partial charge in [0.15, 0.2) is 5.69 Å². The summed E-state index contributed by atoms with van der Waals surface area (Å²) in [5.74, 6) is -0.422. The highest BCUT2D eigenvalue weighted by Gasteiger charge is 2.36. The second-order valence-corrected chi connectivity index (χ2v) is 7.19. The van der Waals surface area contributed by atoms with Gasteiger partial charge in [0.25, 0.3) is 5.91 Å². The van der Waals surface area contributed by atoms with Crippen molar-refractivity contribution in [2.75, 3.05) is 6.54 Å². The van der Waals surface area contributed by atoms with Gasteiger partial charge in [-0.2, -0.15) is 18.3 Å². The van der Waals surface area contributed by atoms with Crippen molar-refractivity contribution in [3.8, 4) is 5.69 Å². The summed E-state index contributed by atoms with van der Waals surface area (Å²) in [6, 6.07) is 6.98. The van der Waals surface area contributed by atoms with Gasteiger partial charge in [-0.1, -0.05) is 54.1 Å². The first-order valence-electron chi connectivity index (χ1n) is 8.90. The predicted octanol–water partition coefficient (Wildman–Crippen LogP) is 5.35. The fourth-order valence-corrected chi connectivity index (χ4v) is 3.14. The fourth-order valence-electron chi connectivity index (χ4n) is 2.92. The van der Waals surface area contributed by atoms with Gasteiger partial charge in [-0.15, -0.1) is 0 Å². The molecule has 2 aromatic rings. The SMILES string of the molecule is C=C(C)C1C=CC(CNC(=O)c2cc(C(F)(F)F)nn2-c2ccccc2Cl)=CC1. The quantitative estimate of drug-likeness (QED) is 0.661. The molecule has 0 aliphatic heterocycles. The zero-order chi connectivity index (χ0) is 21.2. The molecule has 1 aliphatic carbocycles. The summed E-state index contributed by atoms with van der Waals surface area (Å²) in [7, 11) is 0. The Kier molecular flexibility index (Phi) is 5.98. The summed E-state index contributed by atoms with van der Waals surface area (Å²) in [5, 5.41) is 6.40. The van der Waals surface area contributed by atoms with Crippen LogP contribution in [-0.2, 0) is 6.18 Å². The van der Waals surface area contributed by atoms with E-state index in [9.17, 15) is 18.0 Å². The molecule has 0 spiro atoms. The van der Waals surface area contributed by atoms with E-state index in [1.54, 1.807) is 12.1 Å². The van der Waals surface area contributed by atoms with E-state index < -0.39 is 17.8 Å². The predicted molar refractivity (Wildman–Crippen MR) is 106 cm³/mol. The fraction of sp³-hybridized carbons (Fsp3) is 0.238. The Balaban J connectivity index is 1.83. The molecule has 29 heavy (non-hydrogen) atoms. The number of carbonyl (C=O) groups excluding carboxylic acids is 1. The molecular formula is C21H19ClF3N3O. The number of benzene rings is 1. The van der Waals surface area contributed by atoms with Crippen LogP contribution in [0.2, 0.25) is 5.02 Å². The van der Waals surface area contributed by atoms with E-state index in [2.05, 4.69) is 17.0 Å². The Morgan fingerprint density at radius 1 is 1.38 bits per heavy atom. The molecular weight excluding hydrogens is 403 g/mol. The number of rotatable bonds is 5. The van der Waals surface area contributed by atoms with Crippen LogP contribution < -0.4 is 5.32 Å². The molecule has 0 bridgehead atoms. The molecule has 0 saturated carbocycles. The molecule has 0 radical (unpaired) electrons. The average Bonchev–Trinajstić information content (AvgIpc) is 3.12. The molecule has 1 atom stereocenters. The third-order valence-corrected chi connectivity index (χ3v) is 4.90. The van der Waals surface area contributed by atoms with Gasteiger partial charge in [-0.25, -0.2) is 4.68 Å². The van der Waals surface area contributed by atoms with E-state index in [-0.39, 0.29) is 28.9 Å². The minimum absolute atomic E-state index is 0.183. The molecule has 1 heterocycles. The number of aromatic nitrogens is 2. The maximum absolute atomic E-state index is 13.2. The van der Waals surface area contributed by atoms with Crippen LogP contribution in [0.15, 0.2) is 66.3 Å². The van der Waals surface area contributed by atoms with Crippen LogP contribution in [0.1, 0.15) is 29.5 Å². The van der Waals surface area contributed by atoms with Crippen molar-refractivity contribution in [1.29, 1.82) is 0 Å². The number of allylic oxidation sites excluding steroid dienone is 3. The number of halogens is 4. The molecule has 0 fully saturated rings. The third-order valence-electron chi connectivity index (χ3n) is 4.58. The summed E-state index contributed by atoms with van der Waals surface area (Å²) < 4.78 is 40.4. The Morgan fingerprint density at radius 3 is 2.69 bits per heavy atom. The van der Waals surface area contributed by atoms with Gasteiger partial charge in [0.2, 0.25) is 0 Å². The van der Waals surface area contributed by atoms with Crippen LogP contribution in [0, 0.1) is 5.92 Å². The molecule has 152 valence electrons. The van der Waals surface area contributed by atoms with Gasteiger partial charge < -0.3 is 5.32 Å². The molecule has 4 nitrogen and oxygen atoms in total. The van der Waals surface area contributed by atoms with Gasteiger partial charge in [-0.3, -0.25) is 4.79 Å². The van der Waals surface area contributed by atoms with E-state index in [4.69, 9.17) is 11.6 Å². The Bertz CT molecular complexity index is 1000. The summed E-state index contributed by atoms with van der Waals surface area (Å²) >= 11 is 6.10. The first kappa shape index (κ1) is 20.9. The Morgan fingerprint density at radius 2 is 2.10 bits per heavy atom. The maximum atomic E-state index is 13.2. The zero-order valence-electron chi connectivity index (χ0n) is 15.6. The monoisotopic (exact) mass is 421 g/mol. The lowest BCUT2D eigenvalue weighted by Gasteiger charge is -2.16. The standard InChI is InChI=1S/C21H19ClF3N3O/c1-13(2)15-9-7-14(8-10-15)12-26-20(29)18-11-19(21(23,24)25)27-28(18)17-6-4-3-5-16(17)22/h3-9,11,15H,1,10,12H2,2H3,(H,26,29). The summed E-state index contributed by atoms with van der Waals surface area (Å²) in [6.07, 6.45) is 1.95. The highest BCUT2D eigenvalue weighted by molar-refractivity contribution is 6.32. The third kappa shape index (κ3) is 4.79. The number of hydrogen-bond acceptors (Lipinski definition) is 2. The van der Waals surface area contributed by atoms with Gasteiger partial charge in [0.1, 0.15) is 5.69 Å². The smallest absolute Gasteiger partial charge is 0.347 e. The number of alkyl halides is 3. The second kappa shape index (κ2) is 8.29. The van der Waals surface area contributed by atoms with Crippen molar-refractivity contribution in [1.82, 2.24) is 15.1 Å². The van der Waals surface area contributed by atoms with E-state index in [1.165, 1.54) is 12.1 Å². The summed E-state index contributed by atoms with van der Waals surface area (Å²) in [6.45, 7) is 6.06. The first-order chi connectivity index (χ1) is 13.7. The normalized spacial score (nSPS) is 16.4. The van der Waals surface area contributed by atoms with Gasteiger partial charge in [0, 0.05) is 18.5 Å². The van der Waals surface area contributed by atoms with E-state index >= 15 is 0 Å². The summed E-state index contributed by atoms with van der Waals surface area (Å²) in [4.78, 5) is 12.7. The van der Waals surface area contributed by atoms with Gasteiger partial charge in [-0.05, 0) is 31.1 Å². The van der Waals surface area contributed by atoms with Crippen LogP contribution in [0.3, 0.4) is 0 Å². The molecule has 1 aliphatic rings. The lowest BCUT2D eigenvalue weighted by Crippen LogP contribution is -2.28. The van der Waals surface area contributed by atoms with Crippen LogP contribution in [0.4, 0.5) is 13.2 Å². The van der Waals surface area contributed by atoms with Gasteiger partial charge in [0.05, 0.1) is 10.7 Å². The number of nitrogens with one attached hydrogen (secondary N) is 1. The van der Waals surface area contributed by atoms with Crippen molar-refractivity contribution in [3.05, 3.63) is 82.7 Å². The van der Waals surface area contributed by atoms with E-state index in [0.717, 1.165) is 28.3 Å². The largest absolute Gasteiger partial charge is 0.435 e. The lowest BCUT2D eigenvalue weighted by atomic mass is 9.92. The van der Waals surface area contributed by atoms with Crippen LogP contribution >= 0.6 is 11.6 Å². The molecule has 1 N–H and O–H groups in total. The highest BCUT2D eigenvalue weighted by Crippen LogP contribution is 2.31. The molecule has 8 heteroatoms. The highest BCUT2D eigenvalue weighted by atomic mass is 35.5. The number of para-hydroxylation sites is 1.